The summed E-state index contributed by atoms with van der Waals surface area (Å²) in [7, 11) is 0. The molecule has 2 aromatic heterocycles. The number of rotatable bonds is 2. The second-order valence-electron chi connectivity index (χ2n) is 2.16. The molecule has 0 saturated heterocycles. The maximum absolute atomic E-state index is 10.4. The lowest BCUT2D eigenvalue weighted by Gasteiger charge is -1.89. The first-order valence-electron chi connectivity index (χ1n) is 3.31. The molecule has 0 bridgehead atoms. The van der Waals surface area contributed by atoms with Gasteiger partial charge in [0.15, 0.2) is 6.39 Å². The normalized spacial score (nSPS) is 10.2. The van der Waals surface area contributed by atoms with E-state index in [0.717, 1.165) is 0 Å². The molecular weight excluding hydrogens is 176 g/mol. The van der Waals surface area contributed by atoms with Gasteiger partial charge in [0.05, 0.1) is 6.20 Å². The maximum atomic E-state index is 10.4. The van der Waals surface area contributed by atoms with Crippen molar-refractivity contribution in [2.45, 2.75) is 0 Å². The Balaban J connectivity index is 2.39. The van der Waals surface area contributed by atoms with Crippen molar-refractivity contribution in [3.05, 3.63) is 24.7 Å². The molecular formula is C6H4N4O3. The number of carboxylic acids is 1. The molecule has 0 aliphatic heterocycles. The van der Waals surface area contributed by atoms with Crippen LogP contribution in [0.2, 0.25) is 0 Å². The molecule has 66 valence electrons. The molecule has 7 heteroatoms. The fourth-order valence-electron chi connectivity index (χ4n) is 0.789. The largest absolute Gasteiger partial charge is 0.475 e. The first-order valence-corrected chi connectivity index (χ1v) is 3.31. The Hall–Kier alpha value is -2.18. The van der Waals surface area contributed by atoms with Crippen LogP contribution in [0.25, 0.3) is 5.88 Å². The first kappa shape index (κ1) is 7.47. The van der Waals surface area contributed by atoms with E-state index in [1.165, 1.54) is 23.6 Å². The van der Waals surface area contributed by atoms with Gasteiger partial charge in [-0.05, 0) is 0 Å². The average Bonchev–Trinajstić information content (AvgIpc) is 2.75. The van der Waals surface area contributed by atoms with Crippen LogP contribution in [0.1, 0.15) is 10.6 Å². The number of aromatic carboxylic acids is 1. The minimum Gasteiger partial charge on any atom is -0.475 e. The highest BCUT2D eigenvalue weighted by molar-refractivity contribution is 5.82. The monoisotopic (exact) mass is 180 g/mol. The van der Waals surface area contributed by atoms with Crippen molar-refractivity contribution >= 4 is 5.97 Å². The van der Waals surface area contributed by atoms with Crippen LogP contribution in [0, 0.1) is 0 Å². The molecule has 0 fully saturated rings. The summed E-state index contributed by atoms with van der Waals surface area (Å²) in [5.74, 6) is -1.14. The SMILES string of the molecule is O=C(O)c1ncn(-c2cnco2)n1. The summed E-state index contributed by atoms with van der Waals surface area (Å²) < 4.78 is 6.06. The number of carbonyl (C=O) groups is 1. The summed E-state index contributed by atoms with van der Waals surface area (Å²) in [6.07, 6.45) is 3.86. The zero-order valence-electron chi connectivity index (χ0n) is 6.28. The molecule has 13 heavy (non-hydrogen) atoms. The van der Waals surface area contributed by atoms with E-state index in [-0.39, 0.29) is 5.82 Å². The van der Waals surface area contributed by atoms with E-state index in [2.05, 4.69) is 15.1 Å². The van der Waals surface area contributed by atoms with Crippen LogP contribution in [0.3, 0.4) is 0 Å². The molecule has 0 aliphatic rings. The van der Waals surface area contributed by atoms with Gasteiger partial charge in [0.2, 0.25) is 5.88 Å². The van der Waals surface area contributed by atoms with E-state index < -0.39 is 5.97 Å². The lowest BCUT2D eigenvalue weighted by Crippen LogP contribution is -2.01. The van der Waals surface area contributed by atoms with Gasteiger partial charge in [-0.2, -0.15) is 4.68 Å². The summed E-state index contributed by atoms with van der Waals surface area (Å²) in [6, 6.07) is 0. The van der Waals surface area contributed by atoms with E-state index in [4.69, 9.17) is 9.52 Å². The van der Waals surface area contributed by atoms with Crippen molar-refractivity contribution in [2.24, 2.45) is 0 Å². The fourth-order valence-corrected chi connectivity index (χ4v) is 0.789. The van der Waals surface area contributed by atoms with E-state index in [0.29, 0.717) is 5.88 Å². The number of nitrogens with zero attached hydrogens (tertiary/aromatic N) is 4. The lowest BCUT2D eigenvalue weighted by atomic mass is 10.7. The summed E-state index contributed by atoms with van der Waals surface area (Å²) in [6.45, 7) is 0. The van der Waals surface area contributed by atoms with Crippen LogP contribution in [0.15, 0.2) is 23.3 Å². The van der Waals surface area contributed by atoms with Gasteiger partial charge in [0.25, 0.3) is 5.82 Å². The highest BCUT2D eigenvalue weighted by atomic mass is 16.4. The minimum atomic E-state index is -1.18. The van der Waals surface area contributed by atoms with Gasteiger partial charge in [0.1, 0.15) is 6.33 Å². The Labute approximate surface area is 71.7 Å². The van der Waals surface area contributed by atoms with Gasteiger partial charge in [-0.3, -0.25) is 0 Å². The molecule has 2 heterocycles. The molecule has 0 atom stereocenters. The van der Waals surface area contributed by atoms with Gasteiger partial charge in [-0.1, -0.05) is 0 Å². The topological polar surface area (TPSA) is 94.0 Å². The molecule has 0 saturated carbocycles. The Kier molecular flexibility index (Phi) is 1.55. The van der Waals surface area contributed by atoms with Crippen molar-refractivity contribution in [3.63, 3.8) is 0 Å². The van der Waals surface area contributed by atoms with Crippen LogP contribution in [-0.2, 0) is 0 Å². The van der Waals surface area contributed by atoms with E-state index in [9.17, 15) is 4.79 Å². The van der Waals surface area contributed by atoms with Gasteiger partial charge < -0.3 is 9.52 Å². The van der Waals surface area contributed by atoms with Gasteiger partial charge >= 0.3 is 5.97 Å². The Morgan fingerprint density at radius 2 is 2.46 bits per heavy atom. The predicted molar refractivity (Wildman–Crippen MR) is 38.4 cm³/mol. The highest BCUT2D eigenvalue weighted by Gasteiger charge is 2.10. The van der Waals surface area contributed by atoms with Crippen molar-refractivity contribution in [3.8, 4) is 5.88 Å². The third-order valence-electron chi connectivity index (χ3n) is 1.33. The molecule has 0 radical (unpaired) electrons. The molecule has 0 aliphatic carbocycles. The summed E-state index contributed by atoms with van der Waals surface area (Å²) in [5.41, 5.74) is 0. The Bertz CT molecular complexity index is 419. The second kappa shape index (κ2) is 2.70. The van der Waals surface area contributed by atoms with Crippen molar-refractivity contribution in [2.75, 3.05) is 0 Å². The van der Waals surface area contributed by atoms with Crippen LogP contribution in [0.5, 0.6) is 0 Å². The number of aromatic nitrogens is 4. The fraction of sp³-hybridized carbons (Fsp3) is 0. The van der Waals surface area contributed by atoms with Crippen molar-refractivity contribution in [1.29, 1.82) is 0 Å². The molecule has 7 nitrogen and oxygen atoms in total. The standard InChI is InChI=1S/C6H4N4O3/c11-6(12)5-8-2-10(9-5)4-1-7-3-13-4/h1-3H,(H,11,12). The van der Waals surface area contributed by atoms with Gasteiger partial charge in [-0.25, -0.2) is 14.8 Å². The quantitative estimate of drug-likeness (QED) is 0.696. The summed E-state index contributed by atoms with van der Waals surface area (Å²) in [4.78, 5) is 17.6. The third kappa shape index (κ3) is 1.26. The molecule has 1 N–H and O–H groups in total. The van der Waals surface area contributed by atoms with E-state index >= 15 is 0 Å². The molecule has 0 amide bonds. The molecule has 2 aromatic rings. The smallest absolute Gasteiger partial charge is 0.375 e. The molecule has 0 spiro atoms. The second-order valence-corrected chi connectivity index (χ2v) is 2.16. The Morgan fingerprint density at radius 1 is 1.62 bits per heavy atom. The van der Waals surface area contributed by atoms with Crippen molar-refractivity contribution in [1.82, 2.24) is 19.7 Å². The van der Waals surface area contributed by atoms with Gasteiger partial charge in [0, 0.05) is 0 Å². The zero-order chi connectivity index (χ0) is 9.26. The average molecular weight is 180 g/mol. The molecule has 0 aromatic carbocycles. The van der Waals surface area contributed by atoms with E-state index in [1.807, 2.05) is 0 Å². The minimum absolute atomic E-state index is 0.281. The van der Waals surface area contributed by atoms with Crippen LogP contribution in [0.4, 0.5) is 0 Å². The Morgan fingerprint density at radius 3 is 3.00 bits per heavy atom. The first-order chi connectivity index (χ1) is 6.27. The third-order valence-corrected chi connectivity index (χ3v) is 1.33. The summed E-state index contributed by atoms with van der Waals surface area (Å²) >= 11 is 0. The number of hydrogen-bond acceptors (Lipinski definition) is 5. The van der Waals surface area contributed by atoms with Gasteiger partial charge in [-0.15, -0.1) is 5.10 Å². The zero-order valence-corrected chi connectivity index (χ0v) is 6.28. The van der Waals surface area contributed by atoms with E-state index in [1.54, 1.807) is 0 Å². The number of hydrogen-bond donors (Lipinski definition) is 1. The number of oxazole rings is 1. The molecule has 0 unspecified atom stereocenters. The lowest BCUT2D eigenvalue weighted by molar-refractivity contribution is 0.0683. The van der Waals surface area contributed by atoms with Crippen molar-refractivity contribution < 1.29 is 14.3 Å². The molecule has 2 rings (SSSR count). The highest BCUT2D eigenvalue weighted by Crippen LogP contribution is 2.03. The maximum Gasteiger partial charge on any atom is 0.375 e. The van der Waals surface area contributed by atoms with Crippen LogP contribution < -0.4 is 0 Å². The summed E-state index contributed by atoms with van der Waals surface area (Å²) in [5, 5.41) is 12.1. The predicted octanol–water partition coefficient (Wildman–Crippen LogP) is -0.0465. The number of carboxylic acid groups (broad SMARTS) is 1. The van der Waals surface area contributed by atoms with Crippen LogP contribution >= 0.6 is 0 Å². The van der Waals surface area contributed by atoms with Crippen LogP contribution in [-0.4, -0.2) is 30.8 Å².